The molecule has 0 spiro atoms. The smallest absolute Gasteiger partial charge is 0.242 e. The van der Waals surface area contributed by atoms with E-state index in [1.807, 2.05) is 31.2 Å². The van der Waals surface area contributed by atoms with Crippen LogP contribution in [-0.4, -0.2) is 23.5 Å². The van der Waals surface area contributed by atoms with Gasteiger partial charge in [0.1, 0.15) is 6.04 Å². The lowest BCUT2D eigenvalue weighted by atomic mass is 10.1. The number of pyridine rings is 1. The van der Waals surface area contributed by atoms with Gasteiger partial charge < -0.3 is 16.4 Å². The Morgan fingerprint density at radius 3 is 2.71 bits per heavy atom. The van der Waals surface area contributed by atoms with Crippen LogP contribution in [0.1, 0.15) is 20.8 Å². The lowest BCUT2D eigenvalue weighted by molar-refractivity contribution is -0.121. The molecule has 1 aromatic heterocycles. The highest BCUT2D eigenvalue weighted by molar-refractivity contribution is 5.98. The SMILES string of the molecule is CC(C)CNC(=O)C(C)Nc1c(N)cnc2ccccc12. The quantitative estimate of drug-likeness (QED) is 0.788. The van der Waals surface area contributed by atoms with Gasteiger partial charge in [0.2, 0.25) is 5.91 Å². The zero-order chi connectivity index (χ0) is 15.4. The molecule has 112 valence electrons. The van der Waals surface area contributed by atoms with Gasteiger partial charge in [0.15, 0.2) is 0 Å². The molecule has 2 aromatic rings. The van der Waals surface area contributed by atoms with Crippen molar-refractivity contribution < 1.29 is 4.79 Å². The van der Waals surface area contributed by atoms with E-state index < -0.39 is 0 Å². The average Bonchev–Trinajstić information content (AvgIpc) is 2.47. The molecule has 1 amide bonds. The topological polar surface area (TPSA) is 80.0 Å². The summed E-state index contributed by atoms with van der Waals surface area (Å²) in [5.41, 5.74) is 8.15. The number of fused-ring (bicyclic) bond motifs is 1. The average molecular weight is 286 g/mol. The van der Waals surface area contributed by atoms with Crippen LogP contribution in [0.4, 0.5) is 11.4 Å². The maximum absolute atomic E-state index is 12.1. The summed E-state index contributed by atoms with van der Waals surface area (Å²) in [6, 6.07) is 7.35. The highest BCUT2D eigenvalue weighted by Gasteiger charge is 2.15. The van der Waals surface area contributed by atoms with Crippen molar-refractivity contribution in [2.75, 3.05) is 17.6 Å². The molecule has 0 bridgehead atoms. The number of anilines is 2. The zero-order valence-electron chi connectivity index (χ0n) is 12.7. The van der Waals surface area contributed by atoms with Crippen LogP contribution in [0.2, 0.25) is 0 Å². The van der Waals surface area contributed by atoms with Crippen LogP contribution in [0.25, 0.3) is 10.9 Å². The molecule has 1 heterocycles. The zero-order valence-corrected chi connectivity index (χ0v) is 12.7. The van der Waals surface area contributed by atoms with Gasteiger partial charge in [-0.1, -0.05) is 32.0 Å². The summed E-state index contributed by atoms with van der Waals surface area (Å²) in [7, 11) is 0. The van der Waals surface area contributed by atoms with Crippen LogP contribution >= 0.6 is 0 Å². The number of hydrogen-bond donors (Lipinski definition) is 3. The number of hydrogen-bond acceptors (Lipinski definition) is 4. The second-order valence-electron chi connectivity index (χ2n) is 5.61. The van der Waals surface area contributed by atoms with Crippen LogP contribution in [0.3, 0.4) is 0 Å². The summed E-state index contributed by atoms with van der Waals surface area (Å²) in [4.78, 5) is 16.4. The van der Waals surface area contributed by atoms with Gasteiger partial charge in [0.25, 0.3) is 0 Å². The van der Waals surface area contributed by atoms with Crippen LogP contribution in [0, 0.1) is 5.92 Å². The number of nitrogens with one attached hydrogen (secondary N) is 2. The molecule has 2 rings (SSSR count). The fraction of sp³-hybridized carbons (Fsp3) is 0.375. The number of carbonyl (C=O) groups is 1. The van der Waals surface area contributed by atoms with Crippen molar-refractivity contribution >= 4 is 28.2 Å². The minimum atomic E-state index is -0.364. The summed E-state index contributed by atoms with van der Waals surface area (Å²) in [6.07, 6.45) is 1.61. The Kier molecular flexibility index (Phi) is 4.62. The normalized spacial score (nSPS) is 12.4. The molecule has 0 saturated heterocycles. The Morgan fingerprint density at radius 2 is 2.00 bits per heavy atom. The summed E-state index contributed by atoms with van der Waals surface area (Å²) < 4.78 is 0. The maximum Gasteiger partial charge on any atom is 0.242 e. The number of nitrogen functional groups attached to an aromatic ring is 1. The third-order valence-corrected chi connectivity index (χ3v) is 3.24. The molecule has 5 nitrogen and oxygen atoms in total. The summed E-state index contributed by atoms with van der Waals surface area (Å²) in [5, 5.41) is 7.03. The lowest BCUT2D eigenvalue weighted by Crippen LogP contribution is -2.39. The summed E-state index contributed by atoms with van der Waals surface area (Å²) >= 11 is 0. The number of carbonyl (C=O) groups excluding carboxylic acids is 1. The van der Waals surface area contributed by atoms with Gasteiger partial charge in [0, 0.05) is 11.9 Å². The summed E-state index contributed by atoms with van der Waals surface area (Å²) in [6.45, 7) is 6.61. The van der Waals surface area contributed by atoms with Gasteiger partial charge in [-0.05, 0) is 18.9 Å². The van der Waals surface area contributed by atoms with Crippen molar-refractivity contribution in [3.63, 3.8) is 0 Å². The third-order valence-electron chi connectivity index (χ3n) is 3.24. The first-order chi connectivity index (χ1) is 9.99. The van der Waals surface area contributed by atoms with Crippen molar-refractivity contribution in [2.45, 2.75) is 26.8 Å². The van der Waals surface area contributed by atoms with Gasteiger partial charge >= 0.3 is 0 Å². The molecule has 0 radical (unpaired) electrons. The van der Waals surface area contributed by atoms with Gasteiger partial charge in [-0.25, -0.2) is 0 Å². The van der Waals surface area contributed by atoms with E-state index in [0.29, 0.717) is 18.2 Å². The van der Waals surface area contributed by atoms with E-state index in [0.717, 1.165) is 16.6 Å². The first kappa shape index (κ1) is 15.1. The first-order valence-corrected chi connectivity index (χ1v) is 7.16. The van der Waals surface area contributed by atoms with E-state index in [1.165, 1.54) is 0 Å². The number of aromatic nitrogens is 1. The van der Waals surface area contributed by atoms with Crippen molar-refractivity contribution in [2.24, 2.45) is 5.92 Å². The predicted molar refractivity (Wildman–Crippen MR) is 87.1 cm³/mol. The van der Waals surface area contributed by atoms with E-state index in [9.17, 15) is 4.79 Å². The molecule has 0 aliphatic rings. The van der Waals surface area contributed by atoms with Crippen molar-refractivity contribution in [3.8, 4) is 0 Å². The molecular weight excluding hydrogens is 264 g/mol. The molecule has 5 heteroatoms. The van der Waals surface area contributed by atoms with Gasteiger partial charge in [-0.2, -0.15) is 0 Å². The predicted octanol–water partition coefficient (Wildman–Crippen LogP) is 2.39. The molecule has 1 aromatic carbocycles. The highest BCUT2D eigenvalue weighted by atomic mass is 16.2. The van der Waals surface area contributed by atoms with Crippen LogP contribution in [-0.2, 0) is 4.79 Å². The van der Waals surface area contributed by atoms with E-state index in [2.05, 4.69) is 29.5 Å². The van der Waals surface area contributed by atoms with Gasteiger partial charge in [0.05, 0.1) is 23.1 Å². The van der Waals surface area contributed by atoms with Crippen molar-refractivity contribution in [1.82, 2.24) is 10.3 Å². The number of nitrogens with two attached hydrogens (primary N) is 1. The molecule has 0 aliphatic heterocycles. The van der Waals surface area contributed by atoms with Crippen molar-refractivity contribution in [1.29, 1.82) is 0 Å². The summed E-state index contributed by atoms with van der Waals surface area (Å²) in [5.74, 6) is 0.386. The molecule has 4 N–H and O–H groups in total. The highest BCUT2D eigenvalue weighted by Crippen LogP contribution is 2.28. The minimum Gasteiger partial charge on any atom is -0.396 e. The number of benzene rings is 1. The standard InChI is InChI=1S/C16H22N4O/c1-10(2)8-19-16(21)11(3)20-15-12-6-4-5-7-14(12)18-9-13(15)17/h4-7,9-11H,8,17H2,1-3H3,(H,18,20)(H,19,21). The minimum absolute atomic E-state index is 0.0380. The van der Waals surface area contributed by atoms with E-state index in [1.54, 1.807) is 6.20 Å². The van der Waals surface area contributed by atoms with E-state index in [4.69, 9.17) is 5.73 Å². The second-order valence-corrected chi connectivity index (χ2v) is 5.61. The second kappa shape index (κ2) is 6.43. The molecule has 0 saturated carbocycles. The van der Waals surface area contributed by atoms with E-state index in [-0.39, 0.29) is 11.9 Å². The number of rotatable bonds is 5. The fourth-order valence-corrected chi connectivity index (χ4v) is 2.06. The van der Waals surface area contributed by atoms with Crippen molar-refractivity contribution in [3.05, 3.63) is 30.5 Å². The molecule has 0 aliphatic carbocycles. The number of para-hydroxylation sites is 1. The monoisotopic (exact) mass is 286 g/mol. The maximum atomic E-state index is 12.1. The fourth-order valence-electron chi connectivity index (χ4n) is 2.06. The van der Waals surface area contributed by atoms with Crippen LogP contribution in [0.15, 0.2) is 30.5 Å². The third kappa shape index (κ3) is 3.62. The molecule has 21 heavy (non-hydrogen) atoms. The van der Waals surface area contributed by atoms with Gasteiger partial charge in [-0.3, -0.25) is 9.78 Å². The lowest BCUT2D eigenvalue weighted by Gasteiger charge is -2.18. The van der Waals surface area contributed by atoms with E-state index >= 15 is 0 Å². The molecule has 1 unspecified atom stereocenters. The molecular formula is C16H22N4O. The molecule has 1 atom stereocenters. The van der Waals surface area contributed by atoms with Crippen LogP contribution < -0.4 is 16.4 Å². The Hall–Kier alpha value is -2.30. The van der Waals surface area contributed by atoms with Crippen LogP contribution in [0.5, 0.6) is 0 Å². The largest absolute Gasteiger partial charge is 0.396 e. The molecule has 0 fully saturated rings. The Labute approximate surface area is 124 Å². The Morgan fingerprint density at radius 1 is 1.29 bits per heavy atom. The first-order valence-electron chi connectivity index (χ1n) is 7.16. The Balaban J connectivity index is 2.19. The number of amides is 1. The number of nitrogens with zero attached hydrogens (tertiary/aromatic N) is 1. The van der Waals surface area contributed by atoms with Gasteiger partial charge in [-0.15, -0.1) is 0 Å². The Bertz CT molecular complexity index is 639.